The van der Waals surface area contributed by atoms with Gasteiger partial charge in [0.25, 0.3) is 0 Å². The van der Waals surface area contributed by atoms with E-state index in [1.165, 1.54) is 0 Å². The summed E-state index contributed by atoms with van der Waals surface area (Å²) in [5, 5.41) is 13.3. The standard InChI is InChI=1S/C22H27NO5/c1-12-14-9-16-17(22(3,4)5)11-27-19(16)13(2)20(14)28-21(26)15(12)10-18(25)23-7-6-8-24/h9,11,24H,6-8,10H2,1-5H3,(H,23,25). The molecule has 0 spiro atoms. The molecule has 6 nitrogen and oxygen atoms in total. The summed E-state index contributed by atoms with van der Waals surface area (Å²) in [5.41, 5.74) is 3.58. The highest BCUT2D eigenvalue weighted by molar-refractivity contribution is 6.00. The zero-order valence-corrected chi connectivity index (χ0v) is 17.1. The van der Waals surface area contributed by atoms with Gasteiger partial charge in [0, 0.05) is 35.1 Å². The summed E-state index contributed by atoms with van der Waals surface area (Å²) in [6.45, 7) is 10.5. The van der Waals surface area contributed by atoms with E-state index in [-0.39, 0.29) is 24.3 Å². The molecule has 0 unspecified atom stereocenters. The van der Waals surface area contributed by atoms with Crippen LogP contribution in [0.1, 0.15) is 49.4 Å². The van der Waals surface area contributed by atoms with Crippen LogP contribution in [0.15, 0.2) is 26.0 Å². The second-order valence-electron chi connectivity index (χ2n) is 8.25. The van der Waals surface area contributed by atoms with E-state index in [2.05, 4.69) is 26.1 Å². The van der Waals surface area contributed by atoms with E-state index in [1.807, 2.05) is 19.9 Å². The molecule has 0 aliphatic carbocycles. The van der Waals surface area contributed by atoms with Crippen LogP contribution in [0.25, 0.3) is 21.9 Å². The van der Waals surface area contributed by atoms with Crippen molar-refractivity contribution in [3.63, 3.8) is 0 Å². The van der Waals surface area contributed by atoms with Crippen molar-refractivity contribution in [2.45, 2.75) is 52.9 Å². The van der Waals surface area contributed by atoms with Gasteiger partial charge in [-0.1, -0.05) is 20.8 Å². The average Bonchev–Trinajstić information content (AvgIpc) is 3.05. The number of fused-ring (bicyclic) bond motifs is 2. The molecule has 3 rings (SSSR count). The molecule has 2 aromatic heterocycles. The zero-order chi connectivity index (χ0) is 20.6. The first kappa shape index (κ1) is 20.1. The second-order valence-corrected chi connectivity index (χ2v) is 8.25. The second kappa shape index (κ2) is 7.43. The highest BCUT2D eigenvalue weighted by atomic mass is 16.4. The van der Waals surface area contributed by atoms with E-state index in [4.69, 9.17) is 13.9 Å². The molecule has 0 aliphatic rings. The minimum absolute atomic E-state index is 0.00745. The van der Waals surface area contributed by atoms with Gasteiger partial charge in [0.2, 0.25) is 5.91 Å². The first-order chi connectivity index (χ1) is 13.1. The number of carbonyl (C=O) groups excluding carboxylic acids is 1. The number of rotatable bonds is 5. The highest BCUT2D eigenvalue weighted by Gasteiger charge is 2.24. The number of aliphatic hydroxyl groups is 1. The van der Waals surface area contributed by atoms with Crippen LogP contribution in [0.5, 0.6) is 0 Å². The molecule has 0 saturated carbocycles. The summed E-state index contributed by atoms with van der Waals surface area (Å²) >= 11 is 0. The molecule has 0 fully saturated rings. The fraction of sp³-hybridized carbons (Fsp3) is 0.455. The number of aryl methyl sites for hydroxylation is 2. The largest absolute Gasteiger partial charge is 0.464 e. The van der Waals surface area contributed by atoms with E-state index in [0.29, 0.717) is 24.1 Å². The van der Waals surface area contributed by atoms with Crippen molar-refractivity contribution in [3.8, 4) is 0 Å². The molecule has 3 aromatic rings. The summed E-state index contributed by atoms with van der Waals surface area (Å²) in [7, 11) is 0. The molecule has 6 heteroatoms. The smallest absolute Gasteiger partial charge is 0.340 e. The Kier molecular flexibility index (Phi) is 5.35. The lowest BCUT2D eigenvalue weighted by molar-refractivity contribution is -0.120. The maximum Gasteiger partial charge on any atom is 0.340 e. The number of nitrogens with one attached hydrogen (secondary N) is 1. The number of hydrogen-bond donors (Lipinski definition) is 2. The lowest BCUT2D eigenvalue weighted by Gasteiger charge is -2.17. The van der Waals surface area contributed by atoms with Gasteiger partial charge in [-0.25, -0.2) is 4.79 Å². The van der Waals surface area contributed by atoms with Crippen molar-refractivity contribution in [2.24, 2.45) is 0 Å². The first-order valence-corrected chi connectivity index (χ1v) is 9.50. The summed E-state index contributed by atoms with van der Waals surface area (Å²) in [6.07, 6.45) is 2.19. The third kappa shape index (κ3) is 3.56. The lowest BCUT2D eigenvalue weighted by Crippen LogP contribution is -2.29. The van der Waals surface area contributed by atoms with Gasteiger partial charge in [-0.2, -0.15) is 0 Å². The Morgan fingerprint density at radius 3 is 2.50 bits per heavy atom. The number of carbonyl (C=O) groups is 1. The van der Waals surface area contributed by atoms with Crippen molar-refractivity contribution < 1.29 is 18.7 Å². The average molecular weight is 385 g/mol. The number of aliphatic hydroxyl groups excluding tert-OH is 1. The summed E-state index contributed by atoms with van der Waals surface area (Å²) in [4.78, 5) is 24.7. The van der Waals surface area contributed by atoms with Crippen molar-refractivity contribution in [1.29, 1.82) is 0 Å². The Bertz CT molecular complexity index is 1100. The number of hydrogen-bond acceptors (Lipinski definition) is 5. The van der Waals surface area contributed by atoms with E-state index >= 15 is 0 Å². The Hall–Kier alpha value is -2.60. The Labute approximate surface area is 163 Å². The van der Waals surface area contributed by atoms with Crippen molar-refractivity contribution >= 4 is 27.8 Å². The lowest BCUT2D eigenvalue weighted by atomic mass is 9.86. The highest BCUT2D eigenvalue weighted by Crippen LogP contribution is 2.37. The molecular weight excluding hydrogens is 358 g/mol. The van der Waals surface area contributed by atoms with Crippen LogP contribution in [0, 0.1) is 13.8 Å². The molecule has 2 heterocycles. The molecule has 0 saturated heterocycles. The zero-order valence-electron chi connectivity index (χ0n) is 17.1. The molecule has 1 aromatic carbocycles. The van der Waals surface area contributed by atoms with E-state index in [1.54, 1.807) is 6.26 Å². The molecule has 0 bridgehead atoms. The third-order valence-electron chi connectivity index (χ3n) is 5.14. The van der Waals surface area contributed by atoms with Gasteiger partial charge in [0.1, 0.15) is 11.2 Å². The molecule has 0 atom stereocenters. The monoisotopic (exact) mass is 385 g/mol. The normalized spacial score (nSPS) is 12.1. The van der Waals surface area contributed by atoms with Crippen LogP contribution in [0.3, 0.4) is 0 Å². The Balaban J connectivity index is 2.14. The first-order valence-electron chi connectivity index (χ1n) is 9.50. The topological polar surface area (TPSA) is 92.7 Å². The van der Waals surface area contributed by atoms with Crippen molar-refractivity contribution in [1.82, 2.24) is 5.32 Å². The minimum atomic E-state index is -0.507. The fourth-order valence-electron chi connectivity index (χ4n) is 3.51. The maximum absolute atomic E-state index is 12.6. The van der Waals surface area contributed by atoms with Crippen molar-refractivity contribution in [2.75, 3.05) is 13.2 Å². The number of furan rings is 1. The summed E-state index contributed by atoms with van der Waals surface area (Å²) in [6, 6.07) is 1.99. The number of benzene rings is 1. The Morgan fingerprint density at radius 1 is 1.14 bits per heavy atom. The van der Waals surface area contributed by atoms with Gasteiger partial charge in [-0.3, -0.25) is 4.79 Å². The van der Waals surface area contributed by atoms with Gasteiger partial charge < -0.3 is 19.3 Å². The minimum Gasteiger partial charge on any atom is -0.464 e. The molecular formula is C22H27NO5. The molecule has 2 N–H and O–H groups in total. The predicted molar refractivity (Wildman–Crippen MR) is 109 cm³/mol. The van der Waals surface area contributed by atoms with Crippen LogP contribution in [0.2, 0.25) is 0 Å². The van der Waals surface area contributed by atoms with Crippen LogP contribution >= 0.6 is 0 Å². The molecule has 0 radical (unpaired) electrons. The van der Waals surface area contributed by atoms with Gasteiger partial charge in [-0.15, -0.1) is 0 Å². The fourth-order valence-corrected chi connectivity index (χ4v) is 3.51. The van der Waals surface area contributed by atoms with Gasteiger partial charge >= 0.3 is 5.63 Å². The van der Waals surface area contributed by atoms with Crippen molar-refractivity contribution in [3.05, 3.63) is 45.0 Å². The molecule has 28 heavy (non-hydrogen) atoms. The number of amides is 1. The quantitative estimate of drug-likeness (QED) is 0.518. The van der Waals surface area contributed by atoms with Gasteiger partial charge in [-0.05, 0) is 37.3 Å². The van der Waals surface area contributed by atoms with E-state index in [9.17, 15) is 9.59 Å². The van der Waals surface area contributed by atoms with E-state index in [0.717, 1.165) is 33.0 Å². The van der Waals surface area contributed by atoms with Gasteiger partial charge in [0.05, 0.1) is 18.2 Å². The summed E-state index contributed by atoms with van der Waals surface area (Å²) < 4.78 is 11.4. The van der Waals surface area contributed by atoms with Gasteiger partial charge in [0.15, 0.2) is 0 Å². The third-order valence-corrected chi connectivity index (χ3v) is 5.14. The Morgan fingerprint density at radius 2 is 1.86 bits per heavy atom. The SMILES string of the molecule is Cc1c(CC(=O)NCCCO)c(=O)oc2c(C)c3occ(C(C)(C)C)c3cc12. The summed E-state index contributed by atoms with van der Waals surface area (Å²) in [5.74, 6) is -0.264. The van der Waals surface area contributed by atoms with Crippen LogP contribution in [0.4, 0.5) is 0 Å². The molecule has 1 amide bonds. The maximum atomic E-state index is 12.6. The van der Waals surface area contributed by atoms with Crippen LogP contribution in [-0.4, -0.2) is 24.2 Å². The molecule has 150 valence electrons. The van der Waals surface area contributed by atoms with Crippen LogP contribution in [-0.2, 0) is 16.6 Å². The molecule has 0 aliphatic heterocycles. The van der Waals surface area contributed by atoms with E-state index < -0.39 is 5.63 Å². The predicted octanol–water partition coefficient (Wildman–Crippen LogP) is 3.49. The van der Waals surface area contributed by atoms with Crippen LogP contribution < -0.4 is 10.9 Å².